The average molecular weight is 193 g/mol. The summed E-state index contributed by atoms with van der Waals surface area (Å²) in [5.74, 6) is 0.609. The normalized spacial score (nSPS) is 17.9. The van der Waals surface area contributed by atoms with Crippen LogP contribution in [0.1, 0.15) is 44.0 Å². The molecule has 1 aliphatic rings. The van der Waals surface area contributed by atoms with Gasteiger partial charge < -0.3 is 5.32 Å². The van der Waals surface area contributed by atoms with E-state index in [4.69, 9.17) is 0 Å². The van der Waals surface area contributed by atoms with Gasteiger partial charge >= 0.3 is 0 Å². The van der Waals surface area contributed by atoms with Crippen LogP contribution in [-0.2, 0) is 13.1 Å². The summed E-state index contributed by atoms with van der Waals surface area (Å²) in [5, 5.41) is 8.01. The number of rotatable bonds is 3. The van der Waals surface area contributed by atoms with Gasteiger partial charge in [0.1, 0.15) is 0 Å². The molecule has 2 rings (SSSR count). The molecule has 1 atom stereocenters. The highest BCUT2D eigenvalue weighted by molar-refractivity contribution is 5.15. The summed E-state index contributed by atoms with van der Waals surface area (Å²) in [6.07, 6.45) is 2.48. The molecule has 1 unspecified atom stereocenters. The number of hydrogen-bond acceptors (Lipinski definition) is 2. The summed E-state index contributed by atoms with van der Waals surface area (Å²) in [7, 11) is 0. The van der Waals surface area contributed by atoms with Crippen LogP contribution < -0.4 is 5.32 Å². The van der Waals surface area contributed by atoms with E-state index in [0.717, 1.165) is 19.6 Å². The third kappa shape index (κ3) is 1.82. The zero-order valence-corrected chi connectivity index (χ0v) is 9.08. The molecule has 1 aliphatic heterocycles. The van der Waals surface area contributed by atoms with E-state index in [9.17, 15) is 0 Å². The highest BCUT2D eigenvalue weighted by Crippen LogP contribution is 2.20. The molecule has 1 aromatic rings. The van der Waals surface area contributed by atoms with Crippen LogP contribution in [0, 0.1) is 0 Å². The van der Waals surface area contributed by atoms with Gasteiger partial charge in [-0.2, -0.15) is 5.10 Å². The number of nitrogens with one attached hydrogen (secondary N) is 1. The molecule has 1 aromatic heterocycles. The number of aromatic nitrogens is 2. The lowest BCUT2D eigenvalue weighted by Gasteiger charge is -2.13. The number of fused-ring (bicyclic) bond motifs is 1. The molecular weight excluding hydrogens is 174 g/mol. The second-order valence-corrected chi connectivity index (χ2v) is 4.15. The first-order chi connectivity index (χ1) is 6.81. The quantitative estimate of drug-likeness (QED) is 0.794. The van der Waals surface area contributed by atoms with Crippen LogP contribution in [0.3, 0.4) is 0 Å². The molecule has 0 spiro atoms. The fourth-order valence-electron chi connectivity index (χ4n) is 2.04. The second kappa shape index (κ2) is 4.13. The zero-order chi connectivity index (χ0) is 9.97. The van der Waals surface area contributed by atoms with Gasteiger partial charge in [0.2, 0.25) is 0 Å². The fraction of sp³-hybridized carbons (Fsp3) is 0.727. The molecule has 14 heavy (non-hydrogen) atoms. The minimum atomic E-state index is 0.609. The van der Waals surface area contributed by atoms with E-state index in [1.807, 2.05) is 0 Å². The first-order valence-corrected chi connectivity index (χ1v) is 5.58. The van der Waals surface area contributed by atoms with Crippen molar-refractivity contribution in [2.24, 2.45) is 0 Å². The molecule has 0 aliphatic carbocycles. The predicted molar refractivity (Wildman–Crippen MR) is 57.3 cm³/mol. The minimum absolute atomic E-state index is 0.609. The maximum atomic E-state index is 4.65. The number of nitrogens with zero attached hydrogens (tertiary/aromatic N) is 2. The Labute approximate surface area is 85.5 Å². The second-order valence-electron chi connectivity index (χ2n) is 4.15. The molecule has 0 radical (unpaired) electrons. The molecule has 78 valence electrons. The summed E-state index contributed by atoms with van der Waals surface area (Å²) >= 11 is 0. The Hall–Kier alpha value is -0.830. The van der Waals surface area contributed by atoms with Crippen molar-refractivity contribution in [2.45, 2.75) is 45.7 Å². The van der Waals surface area contributed by atoms with Gasteiger partial charge in [0.25, 0.3) is 0 Å². The van der Waals surface area contributed by atoms with Gasteiger partial charge in [-0.3, -0.25) is 4.68 Å². The largest absolute Gasteiger partial charge is 0.309 e. The summed E-state index contributed by atoms with van der Waals surface area (Å²) in [6, 6.07) is 2.26. The summed E-state index contributed by atoms with van der Waals surface area (Å²) in [5.41, 5.74) is 2.61. The molecule has 1 N–H and O–H groups in total. The summed E-state index contributed by atoms with van der Waals surface area (Å²) in [4.78, 5) is 0. The highest BCUT2D eigenvalue weighted by Gasteiger charge is 2.14. The summed E-state index contributed by atoms with van der Waals surface area (Å²) < 4.78 is 2.15. The fourth-order valence-corrected chi connectivity index (χ4v) is 2.04. The molecule has 2 heterocycles. The van der Waals surface area contributed by atoms with Crippen LogP contribution in [-0.4, -0.2) is 16.3 Å². The lowest BCUT2D eigenvalue weighted by Crippen LogP contribution is -2.28. The standard InChI is InChI=1S/C11H19N3/c1-3-4-9(2)11-7-10-8-12-5-6-14(10)13-11/h7,9,12H,3-6,8H2,1-2H3. The Kier molecular flexibility index (Phi) is 2.87. The molecule has 0 fully saturated rings. The maximum Gasteiger partial charge on any atom is 0.0656 e. The summed E-state index contributed by atoms with van der Waals surface area (Å²) in [6.45, 7) is 7.55. The van der Waals surface area contributed by atoms with Crippen molar-refractivity contribution in [3.63, 3.8) is 0 Å². The predicted octanol–water partition coefficient (Wildman–Crippen LogP) is 1.89. The van der Waals surface area contributed by atoms with Crippen LogP contribution >= 0.6 is 0 Å². The molecular formula is C11H19N3. The Morgan fingerprint density at radius 2 is 2.50 bits per heavy atom. The van der Waals surface area contributed by atoms with Crippen LogP contribution in [0.4, 0.5) is 0 Å². The highest BCUT2D eigenvalue weighted by atomic mass is 15.3. The zero-order valence-electron chi connectivity index (χ0n) is 9.08. The molecule has 0 saturated carbocycles. The van der Waals surface area contributed by atoms with Crippen molar-refractivity contribution in [3.05, 3.63) is 17.5 Å². The average Bonchev–Trinajstić information content (AvgIpc) is 2.61. The molecule has 3 nitrogen and oxygen atoms in total. The molecule has 0 bridgehead atoms. The van der Waals surface area contributed by atoms with E-state index >= 15 is 0 Å². The molecule has 3 heteroatoms. The number of hydrogen-bond donors (Lipinski definition) is 1. The van der Waals surface area contributed by atoms with Crippen LogP contribution in [0.5, 0.6) is 0 Å². The topological polar surface area (TPSA) is 29.9 Å². The lowest BCUT2D eigenvalue weighted by atomic mass is 10.0. The lowest BCUT2D eigenvalue weighted by molar-refractivity contribution is 0.470. The van der Waals surface area contributed by atoms with Crippen LogP contribution in [0.2, 0.25) is 0 Å². The third-order valence-corrected chi connectivity index (χ3v) is 2.92. The Bertz CT molecular complexity index is 280. The van der Waals surface area contributed by atoms with Crippen LogP contribution in [0.15, 0.2) is 6.07 Å². The molecule has 0 aromatic carbocycles. The first kappa shape index (κ1) is 9.71. The van der Waals surface area contributed by atoms with E-state index < -0.39 is 0 Å². The van der Waals surface area contributed by atoms with Gasteiger partial charge in [0, 0.05) is 19.0 Å². The van der Waals surface area contributed by atoms with Gasteiger partial charge in [-0.15, -0.1) is 0 Å². The van der Waals surface area contributed by atoms with Gasteiger partial charge in [0.05, 0.1) is 17.9 Å². The van der Waals surface area contributed by atoms with E-state index in [-0.39, 0.29) is 0 Å². The molecule has 0 amide bonds. The van der Waals surface area contributed by atoms with E-state index in [1.54, 1.807) is 0 Å². The van der Waals surface area contributed by atoms with E-state index in [2.05, 4.69) is 35.0 Å². The van der Waals surface area contributed by atoms with Crippen molar-refractivity contribution < 1.29 is 0 Å². The van der Waals surface area contributed by atoms with Crippen molar-refractivity contribution in [3.8, 4) is 0 Å². The third-order valence-electron chi connectivity index (χ3n) is 2.92. The van der Waals surface area contributed by atoms with Crippen LogP contribution in [0.25, 0.3) is 0 Å². The smallest absolute Gasteiger partial charge is 0.0656 e. The first-order valence-electron chi connectivity index (χ1n) is 5.58. The Morgan fingerprint density at radius 1 is 1.64 bits per heavy atom. The van der Waals surface area contributed by atoms with Gasteiger partial charge in [0.15, 0.2) is 0 Å². The van der Waals surface area contributed by atoms with E-state index in [0.29, 0.717) is 5.92 Å². The SMILES string of the molecule is CCCC(C)c1cc2n(n1)CCNC2. The van der Waals surface area contributed by atoms with Gasteiger partial charge in [-0.25, -0.2) is 0 Å². The van der Waals surface area contributed by atoms with Crippen molar-refractivity contribution >= 4 is 0 Å². The molecule has 0 saturated heterocycles. The van der Waals surface area contributed by atoms with E-state index in [1.165, 1.54) is 24.2 Å². The monoisotopic (exact) mass is 193 g/mol. The van der Waals surface area contributed by atoms with Crippen molar-refractivity contribution in [1.29, 1.82) is 0 Å². The maximum absolute atomic E-state index is 4.65. The van der Waals surface area contributed by atoms with Crippen molar-refractivity contribution in [1.82, 2.24) is 15.1 Å². The van der Waals surface area contributed by atoms with Crippen molar-refractivity contribution in [2.75, 3.05) is 6.54 Å². The minimum Gasteiger partial charge on any atom is -0.309 e. The van der Waals surface area contributed by atoms with Gasteiger partial charge in [-0.05, 0) is 12.5 Å². The Balaban J connectivity index is 2.15. The Morgan fingerprint density at radius 3 is 3.21 bits per heavy atom. The van der Waals surface area contributed by atoms with Gasteiger partial charge in [-0.1, -0.05) is 20.3 Å².